The number of nitrogens with one attached hydrogen (secondary N) is 1. The first-order valence-electron chi connectivity index (χ1n) is 7.47. The smallest absolute Gasteiger partial charge is 0.228 e. The van der Waals surface area contributed by atoms with Gasteiger partial charge in [-0.25, -0.2) is 0 Å². The molecule has 1 N–H and O–H groups in total. The van der Waals surface area contributed by atoms with Gasteiger partial charge in [-0.3, -0.25) is 4.79 Å². The van der Waals surface area contributed by atoms with E-state index >= 15 is 0 Å². The lowest BCUT2D eigenvalue weighted by atomic mass is 10.0. The Morgan fingerprint density at radius 1 is 1.15 bits per heavy atom. The first-order chi connectivity index (χ1) is 9.65. The SMILES string of the molecule is Cc1ccc(C)c(N2CCN(C(=O)C3CNC3)CC2)c1. The first-order valence-corrected chi connectivity index (χ1v) is 7.47. The molecule has 0 spiro atoms. The molecule has 1 aromatic carbocycles. The van der Waals surface area contributed by atoms with Crippen LogP contribution in [-0.4, -0.2) is 50.1 Å². The van der Waals surface area contributed by atoms with E-state index in [2.05, 4.69) is 42.3 Å². The molecule has 20 heavy (non-hydrogen) atoms. The Kier molecular flexibility index (Phi) is 3.66. The van der Waals surface area contributed by atoms with Crippen LogP contribution in [0.1, 0.15) is 11.1 Å². The molecular formula is C16H23N3O. The number of anilines is 1. The summed E-state index contributed by atoms with van der Waals surface area (Å²) in [4.78, 5) is 16.7. The van der Waals surface area contributed by atoms with E-state index in [0.717, 1.165) is 39.3 Å². The molecule has 4 nitrogen and oxygen atoms in total. The van der Waals surface area contributed by atoms with Crippen molar-refractivity contribution in [1.29, 1.82) is 0 Å². The summed E-state index contributed by atoms with van der Waals surface area (Å²) in [6.07, 6.45) is 0. The molecule has 2 saturated heterocycles. The summed E-state index contributed by atoms with van der Waals surface area (Å²) in [5.41, 5.74) is 3.94. The number of aryl methyl sites for hydroxylation is 2. The fraction of sp³-hybridized carbons (Fsp3) is 0.562. The summed E-state index contributed by atoms with van der Waals surface area (Å²) in [6, 6.07) is 6.59. The van der Waals surface area contributed by atoms with Gasteiger partial charge in [0.1, 0.15) is 0 Å². The normalized spacial score (nSPS) is 19.9. The zero-order valence-electron chi connectivity index (χ0n) is 12.4. The molecule has 2 aliphatic heterocycles. The van der Waals surface area contributed by atoms with Crippen LogP contribution >= 0.6 is 0 Å². The minimum absolute atomic E-state index is 0.224. The second kappa shape index (κ2) is 5.44. The minimum atomic E-state index is 0.224. The Morgan fingerprint density at radius 2 is 1.85 bits per heavy atom. The van der Waals surface area contributed by atoms with Gasteiger partial charge in [0.15, 0.2) is 0 Å². The van der Waals surface area contributed by atoms with Crippen LogP contribution in [0.15, 0.2) is 18.2 Å². The second-order valence-corrected chi connectivity index (χ2v) is 5.96. The quantitative estimate of drug-likeness (QED) is 0.878. The first kappa shape index (κ1) is 13.4. The third kappa shape index (κ3) is 2.52. The van der Waals surface area contributed by atoms with Crippen molar-refractivity contribution in [2.45, 2.75) is 13.8 Å². The fourth-order valence-corrected chi connectivity index (χ4v) is 2.95. The number of carbonyl (C=O) groups excluding carboxylic acids is 1. The van der Waals surface area contributed by atoms with Crippen LogP contribution in [0, 0.1) is 19.8 Å². The molecule has 0 bridgehead atoms. The molecule has 0 unspecified atom stereocenters. The molecule has 0 radical (unpaired) electrons. The molecule has 1 amide bonds. The van der Waals surface area contributed by atoms with E-state index in [0.29, 0.717) is 5.91 Å². The van der Waals surface area contributed by atoms with Crippen LogP contribution in [-0.2, 0) is 4.79 Å². The molecule has 2 heterocycles. The van der Waals surface area contributed by atoms with E-state index < -0.39 is 0 Å². The lowest BCUT2D eigenvalue weighted by Gasteiger charge is -2.39. The standard InChI is InChI=1S/C16H23N3O/c1-12-3-4-13(2)15(9-12)18-5-7-19(8-6-18)16(20)14-10-17-11-14/h3-4,9,14,17H,5-8,10-11H2,1-2H3. The molecule has 0 saturated carbocycles. The molecule has 108 valence electrons. The largest absolute Gasteiger partial charge is 0.368 e. The van der Waals surface area contributed by atoms with Crippen molar-refractivity contribution in [2.24, 2.45) is 5.92 Å². The monoisotopic (exact) mass is 273 g/mol. The zero-order valence-corrected chi connectivity index (χ0v) is 12.4. The van der Waals surface area contributed by atoms with Crippen molar-refractivity contribution in [2.75, 3.05) is 44.2 Å². The Balaban J connectivity index is 1.63. The highest BCUT2D eigenvalue weighted by Gasteiger charge is 2.31. The van der Waals surface area contributed by atoms with Gasteiger partial charge in [0, 0.05) is 45.0 Å². The number of amides is 1. The van der Waals surface area contributed by atoms with Crippen LogP contribution < -0.4 is 10.2 Å². The Labute approximate surface area is 120 Å². The zero-order chi connectivity index (χ0) is 14.1. The predicted octanol–water partition coefficient (Wildman–Crippen LogP) is 1.17. The fourth-order valence-electron chi connectivity index (χ4n) is 2.95. The van der Waals surface area contributed by atoms with Crippen LogP contribution in [0.25, 0.3) is 0 Å². The Morgan fingerprint density at radius 3 is 2.45 bits per heavy atom. The number of benzene rings is 1. The number of piperazine rings is 1. The molecule has 2 fully saturated rings. The van der Waals surface area contributed by atoms with Gasteiger partial charge in [-0.15, -0.1) is 0 Å². The van der Waals surface area contributed by atoms with E-state index in [9.17, 15) is 4.79 Å². The van der Waals surface area contributed by atoms with E-state index in [4.69, 9.17) is 0 Å². The van der Waals surface area contributed by atoms with Crippen LogP contribution in [0.4, 0.5) is 5.69 Å². The highest BCUT2D eigenvalue weighted by Crippen LogP contribution is 2.23. The number of rotatable bonds is 2. The molecule has 1 aromatic rings. The maximum atomic E-state index is 12.2. The maximum absolute atomic E-state index is 12.2. The Hall–Kier alpha value is -1.55. The van der Waals surface area contributed by atoms with Crippen molar-refractivity contribution in [3.05, 3.63) is 29.3 Å². The lowest BCUT2D eigenvalue weighted by Crippen LogP contribution is -2.56. The summed E-state index contributed by atoms with van der Waals surface area (Å²) in [5.74, 6) is 0.562. The summed E-state index contributed by atoms with van der Waals surface area (Å²) in [5, 5.41) is 3.17. The van der Waals surface area contributed by atoms with E-state index in [1.54, 1.807) is 0 Å². The van der Waals surface area contributed by atoms with Crippen molar-refractivity contribution < 1.29 is 4.79 Å². The van der Waals surface area contributed by atoms with Gasteiger partial charge in [-0.2, -0.15) is 0 Å². The highest BCUT2D eigenvalue weighted by molar-refractivity contribution is 5.80. The van der Waals surface area contributed by atoms with Crippen molar-refractivity contribution >= 4 is 11.6 Å². The third-order valence-corrected chi connectivity index (χ3v) is 4.43. The molecule has 0 atom stereocenters. The van der Waals surface area contributed by atoms with Gasteiger partial charge < -0.3 is 15.1 Å². The second-order valence-electron chi connectivity index (χ2n) is 5.96. The number of hydrogen-bond donors (Lipinski definition) is 1. The molecule has 0 aromatic heterocycles. The van der Waals surface area contributed by atoms with Crippen molar-refractivity contribution in [3.8, 4) is 0 Å². The van der Waals surface area contributed by atoms with Crippen LogP contribution in [0.3, 0.4) is 0 Å². The summed E-state index contributed by atoms with van der Waals surface area (Å²) < 4.78 is 0. The van der Waals surface area contributed by atoms with E-state index in [1.807, 2.05) is 4.90 Å². The molecule has 2 aliphatic rings. The summed E-state index contributed by atoms with van der Waals surface area (Å²) in [7, 11) is 0. The van der Waals surface area contributed by atoms with Gasteiger partial charge in [-0.05, 0) is 31.0 Å². The van der Waals surface area contributed by atoms with Crippen LogP contribution in [0.2, 0.25) is 0 Å². The van der Waals surface area contributed by atoms with E-state index in [-0.39, 0.29) is 5.92 Å². The summed E-state index contributed by atoms with van der Waals surface area (Å²) >= 11 is 0. The highest BCUT2D eigenvalue weighted by atomic mass is 16.2. The Bertz CT molecular complexity index is 502. The lowest BCUT2D eigenvalue weighted by molar-refractivity contribution is -0.137. The van der Waals surface area contributed by atoms with Gasteiger partial charge in [0.25, 0.3) is 0 Å². The molecule has 4 heteroatoms. The number of nitrogens with zero attached hydrogens (tertiary/aromatic N) is 2. The third-order valence-electron chi connectivity index (χ3n) is 4.43. The van der Waals surface area contributed by atoms with E-state index in [1.165, 1.54) is 16.8 Å². The topological polar surface area (TPSA) is 35.6 Å². The maximum Gasteiger partial charge on any atom is 0.228 e. The van der Waals surface area contributed by atoms with Gasteiger partial charge >= 0.3 is 0 Å². The predicted molar refractivity (Wildman–Crippen MR) is 81.1 cm³/mol. The van der Waals surface area contributed by atoms with Crippen molar-refractivity contribution in [3.63, 3.8) is 0 Å². The number of hydrogen-bond acceptors (Lipinski definition) is 3. The molecular weight excluding hydrogens is 250 g/mol. The van der Waals surface area contributed by atoms with Crippen LogP contribution in [0.5, 0.6) is 0 Å². The molecule has 0 aliphatic carbocycles. The average molecular weight is 273 g/mol. The van der Waals surface area contributed by atoms with Gasteiger partial charge in [0.2, 0.25) is 5.91 Å². The summed E-state index contributed by atoms with van der Waals surface area (Å²) in [6.45, 7) is 9.59. The molecule has 3 rings (SSSR count). The van der Waals surface area contributed by atoms with Gasteiger partial charge in [-0.1, -0.05) is 12.1 Å². The number of carbonyl (C=O) groups is 1. The van der Waals surface area contributed by atoms with Crippen molar-refractivity contribution in [1.82, 2.24) is 10.2 Å². The minimum Gasteiger partial charge on any atom is -0.368 e. The van der Waals surface area contributed by atoms with Gasteiger partial charge in [0.05, 0.1) is 5.92 Å². The average Bonchev–Trinajstić information content (AvgIpc) is 2.40.